The number of hydrogen-bond donors (Lipinski definition) is 1. The Hall–Kier alpha value is -3.63. The number of nitrogens with one attached hydrogen (secondary N) is 1. The molecule has 4 rings (SSSR count). The van der Waals surface area contributed by atoms with Crippen LogP contribution in [0.1, 0.15) is 10.4 Å². The zero-order valence-electron chi connectivity index (χ0n) is 17.0. The van der Waals surface area contributed by atoms with Crippen LogP contribution >= 0.6 is 11.3 Å². The molecule has 0 radical (unpaired) electrons. The minimum Gasteiger partial charge on any atom is -0.310 e. The number of carbonyl (C=O) groups excluding carboxylic acids is 1. The van der Waals surface area contributed by atoms with Gasteiger partial charge in [-0.3, -0.25) is 9.52 Å². The number of carbonyl (C=O) groups is 1. The third-order valence-electron chi connectivity index (χ3n) is 4.62. The van der Waals surface area contributed by atoms with E-state index >= 15 is 0 Å². The smallest absolute Gasteiger partial charge is 0.279 e. The third-order valence-corrected chi connectivity index (χ3v) is 7.04. The van der Waals surface area contributed by atoms with Crippen molar-refractivity contribution in [1.82, 2.24) is 4.57 Å². The molecule has 0 aliphatic carbocycles. The maximum atomic E-state index is 14.4. The lowest BCUT2D eigenvalue weighted by molar-refractivity contribution is 0.0998. The van der Waals surface area contributed by atoms with Crippen molar-refractivity contribution in [1.29, 1.82) is 0 Å². The molecule has 0 saturated heterocycles. The number of amides is 1. The summed E-state index contributed by atoms with van der Waals surface area (Å²) in [6.07, 6.45) is 1.51. The first-order chi connectivity index (χ1) is 15.8. The van der Waals surface area contributed by atoms with Crippen molar-refractivity contribution >= 4 is 43.2 Å². The van der Waals surface area contributed by atoms with E-state index in [9.17, 15) is 22.0 Å². The number of allylic oxidation sites excluding steroid dienone is 1. The van der Waals surface area contributed by atoms with Crippen LogP contribution in [0.25, 0.3) is 10.2 Å². The van der Waals surface area contributed by atoms with Crippen LogP contribution in [0, 0.1) is 11.6 Å². The first kappa shape index (κ1) is 22.6. The standard InChI is InChI=1S/C23H17F2N3O3S2/c1-2-11-28-21-19(25)13-16(24)14-20(21)32-23(28)26-22(29)15-7-6-8-17(12-15)27-33(30,31)18-9-4-3-5-10-18/h2-10,12-14,27H,1,11H2. The van der Waals surface area contributed by atoms with Crippen molar-refractivity contribution in [3.05, 3.63) is 101 Å². The molecule has 0 atom stereocenters. The van der Waals surface area contributed by atoms with Crippen molar-refractivity contribution < 1.29 is 22.0 Å². The van der Waals surface area contributed by atoms with Crippen LogP contribution in [0.5, 0.6) is 0 Å². The van der Waals surface area contributed by atoms with Gasteiger partial charge in [-0.2, -0.15) is 4.99 Å². The molecule has 6 nitrogen and oxygen atoms in total. The maximum absolute atomic E-state index is 14.4. The summed E-state index contributed by atoms with van der Waals surface area (Å²) in [5.74, 6) is -2.17. The van der Waals surface area contributed by atoms with Gasteiger partial charge in [-0.05, 0) is 36.4 Å². The lowest BCUT2D eigenvalue weighted by Crippen LogP contribution is -2.17. The Morgan fingerprint density at radius 2 is 1.85 bits per heavy atom. The number of halogens is 2. The fraction of sp³-hybridized carbons (Fsp3) is 0.0435. The van der Waals surface area contributed by atoms with Gasteiger partial charge in [0.25, 0.3) is 15.9 Å². The lowest BCUT2D eigenvalue weighted by atomic mass is 10.2. The van der Waals surface area contributed by atoms with Crippen LogP contribution in [0.2, 0.25) is 0 Å². The first-order valence-electron chi connectivity index (χ1n) is 9.65. The molecular weight excluding hydrogens is 468 g/mol. The normalized spacial score (nSPS) is 12.1. The van der Waals surface area contributed by atoms with Gasteiger partial charge in [0.2, 0.25) is 0 Å². The van der Waals surface area contributed by atoms with E-state index in [1.807, 2.05) is 0 Å². The minimum atomic E-state index is -3.84. The maximum Gasteiger partial charge on any atom is 0.279 e. The number of benzene rings is 3. The van der Waals surface area contributed by atoms with Gasteiger partial charge in [-0.15, -0.1) is 6.58 Å². The number of aromatic nitrogens is 1. The molecule has 168 valence electrons. The Bertz CT molecular complexity index is 1540. The van der Waals surface area contributed by atoms with Crippen LogP contribution in [-0.2, 0) is 16.6 Å². The highest BCUT2D eigenvalue weighted by molar-refractivity contribution is 7.92. The number of fused-ring (bicyclic) bond motifs is 1. The predicted molar refractivity (Wildman–Crippen MR) is 124 cm³/mol. The molecule has 0 aliphatic heterocycles. The fourth-order valence-electron chi connectivity index (χ4n) is 3.19. The van der Waals surface area contributed by atoms with E-state index in [4.69, 9.17) is 0 Å². The molecular formula is C23H17F2N3O3S2. The third kappa shape index (κ3) is 4.76. The predicted octanol–water partition coefficient (Wildman–Crippen LogP) is 4.71. The van der Waals surface area contributed by atoms with Crippen molar-refractivity contribution in [2.24, 2.45) is 4.99 Å². The molecule has 1 amide bonds. The van der Waals surface area contributed by atoms with E-state index in [-0.39, 0.29) is 33.0 Å². The number of rotatable bonds is 6. The monoisotopic (exact) mass is 485 g/mol. The summed E-state index contributed by atoms with van der Waals surface area (Å²) in [7, 11) is -3.84. The Kier molecular flexibility index (Phi) is 6.21. The van der Waals surface area contributed by atoms with Crippen LogP contribution in [0.15, 0.2) is 89.3 Å². The molecule has 3 aromatic carbocycles. The van der Waals surface area contributed by atoms with E-state index in [1.54, 1.807) is 18.2 Å². The van der Waals surface area contributed by atoms with Crippen LogP contribution in [-0.4, -0.2) is 18.9 Å². The fourth-order valence-corrected chi connectivity index (χ4v) is 5.34. The SMILES string of the molecule is C=CCn1c(=NC(=O)c2cccc(NS(=O)(=O)c3ccccc3)c2)sc2cc(F)cc(F)c21. The van der Waals surface area contributed by atoms with Gasteiger partial charge in [0.1, 0.15) is 5.82 Å². The molecule has 0 fully saturated rings. The quantitative estimate of drug-likeness (QED) is 0.402. The summed E-state index contributed by atoms with van der Waals surface area (Å²) >= 11 is 0.963. The molecule has 1 aromatic heterocycles. The summed E-state index contributed by atoms with van der Waals surface area (Å²) in [6.45, 7) is 3.79. The van der Waals surface area contributed by atoms with Crippen molar-refractivity contribution in [2.75, 3.05) is 4.72 Å². The van der Waals surface area contributed by atoms with Gasteiger partial charge >= 0.3 is 0 Å². The van der Waals surface area contributed by atoms with E-state index in [2.05, 4.69) is 16.3 Å². The van der Waals surface area contributed by atoms with Crippen molar-refractivity contribution in [2.45, 2.75) is 11.4 Å². The Labute approximate surface area is 192 Å². The highest BCUT2D eigenvalue weighted by Crippen LogP contribution is 2.23. The topological polar surface area (TPSA) is 80.5 Å². The van der Waals surface area contributed by atoms with E-state index in [0.717, 1.165) is 17.4 Å². The molecule has 10 heteroatoms. The average molecular weight is 486 g/mol. The van der Waals surface area contributed by atoms with Crippen LogP contribution in [0.3, 0.4) is 0 Å². The number of nitrogens with zero attached hydrogens (tertiary/aromatic N) is 2. The van der Waals surface area contributed by atoms with Crippen LogP contribution < -0.4 is 9.52 Å². The molecule has 0 spiro atoms. The second-order valence-electron chi connectivity index (χ2n) is 6.93. The second-order valence-corrected chi connectivity index (χ2v) is 9.63. The Morgan fingerprint density at radius 3 is 2.58 bits per heavy atom. The van der Waals surface area contributed by atoms with Gasteiger partial charge in [-0.25, -0.2) is 17.2 Å². The summed E-state index contributed by atoms with van der Waals surface area (Å²) in [5.41, 5.74) is 0.429. The molecule has 1 N–H and O–H groups in total. The number of thiazole rings is 1. The van der Waals surface area contributed by atoms with Crippen molar-refractivity contribution in [3.8, 4) is 0 Å². The first-order valence-corrected chi connectivity index (χ1v) is 11.9. The molecule has 4 aromatic rings. The summed E-state index contributed by atoms with van der Waals surface area (Å²) in [4.78, 5) is 17.2. The number of sulfonamides is 1. The van der Waals surface area contributed by atoms with Gasteiger partial charge < -0.3 is 4.57 Å². The average Bonchev–Trinajstić information content (AvgIpc) is 3.11. The van der Waals surface area contributed by atoms with E-state index in [0.29, 0.717) is 4.70 Å². The lowest BCUT2D eigenvalue weighted by Gasteiger charge is -2.08. The summed E-state index contributed by atoms with van der Waals surface area (Å²) in [5, 5.41) is 0. The van der Waals surface area contributed by atoms with Gasteiger partial charge in [-0.1, -0.05) is 41.7 Å². The highest BCUT2D eigenvalue weighted by Gasteiger charge is 2.16. The summed E-state index contributed by atoms with van der Waals surface area (Å²) in [6, 6.07) is 15.6. The van der Waals surface area contributed by atoms with Crippen molar-refractivity contribution in [3.63, 3.8) is 0 Å². The largest absolute Gasteiger partial charge is 0.310 e. The molecule has 0 bridgehead atoms. The van der Waals surface area contributed by atoms with E-state index < -0.39 is 27.6 Å². The van der Waals surface area contributed by atoms with Gasteiger partial charge in [0.05, 0.1) is 15.1 Å². The Balaban J connectivity index is 1.71. The molecule has 33 heavy (non-hydrogen) atoms. The Morgan fingerprint density at radius 1 is 1.09 bits per heavy atom. The number of hydrogen-bond acceptors (Lipinski definition) is 4. The molecule has 0 unspecified atom stereocenters. The van der Waals surface area contributed by atoms with Gasteiger partial charge in [0.15, 0.2) is 10.6 Å². The number of anilines is 1. The minimum absolute atomic E-state index is 0.0800. The molecule has 0 aliphatic rings. The summed E-state index contributed by atoms with van der Waals surface area (Å²) < 4.78 is 57.3. The van der Waals surface area contributed by atoms with Gasteiger partial charge in [0, 0.05) is 23.9 Å². The second kappa shape index (κ2) is 9.08. The van der Waals surface area contributed by atoms with Crippen LogP contribution in [0.4, 0.5) is 14.5 Å². The zero-order chi connectivity index (χ0) is 23.6. The highest BCUT2D eigenvalue weighted by atomic mass is 32.2. The zero-order valence-corrected chi connectivity index (χ0v) is 18.7. The molecule has 1 heterocycles. The van der Waals surface area contributed by atoms with E-state index in [1.165, 1.54) is 53.1 Å². The molecule has 0 saturated carbocycles.